The Balaban J connectivity index is 1.88. The summed E-state index contributed by atoms with van der Waals surface area (Å²) in [6.45, 7) is 12.3. The van der Waals surface area contributed by atoms with Gasteiger partial charge in [0.2, 0.25) is 0 Å². The molecule has 8 nitrogen and oxygen atoms in total. The molecule has 0 N–H and O–H groups in total. The highest BCUT2D eigenvalue weighted by Gasteiger charge is 2.34. The average molecular weight is 572 g/mol. The Labute approximate surface area is 247 Å². The normalized spacial score (nSPS) is 14.8. The van der Waals surface area contributed by atoms with Crippen molar-refractivity contribution >= 4 is 33.1 Å². The molecule has 0 saturated carbocycles. The fourth-order valence-electron chi connectivity index (χ4n) is 4.98. The number of anilines is 1. The van der Waals surface area contributed by atoms with Gasteiger partial charge in [0.05, 0.1) is 0 Å². The van der Waals surface area contributed by atoms with Gasteiger partial charge in [-0.15, -0.1) is 5.10 Å². The molecule has 9 heteroatoms. The Hall–Kier alpha value is -3.64. The fraction of sp³-hybridized carbons (Fsp3) is 0.500. The molecule has 0 saturated heterocycles. The summed E-state index contributed by atoms with van der Waals surface area (Å²) in [5, 5.41) is 16.2. The van der Waals surface area contributed by atoms with Crippen LogP contribution in [0.25, 0.3) is 11.3 Å². The van der Waals surface area contributed by atoms with Gasteiger partial charge in [-0.1, -0.05) is 95.0 Å². The number of thiazole rings is 1. The van der Waals surface area contributed by atoms with Crippen LogP contribution in [0, 0.1) is 11.3 Å². The van der Waals surface area contributed by atoms with E-state index in [9.17, 15) is 10.1 Å². The number of hydrogen-bond donors (Lipinski definition) is 0. The van der Waals surface area contributed by atoms with Crippen molar-refractivity contribution in [1.82, 2.24) is 19.7 Å². The van der Waals surface area contributed by atoms with Gasteiger partial charge in [0.25, 0.3) is 5.91 Å². The number of carbonyl (C=O) groups is 1. The monoisotopic (exact) mass is 571 g/mol. The summed E-state index contributed by atoms with van der Waals surface area (Å²) < 4.78 is 1.28. The molecule has 1 aliphatic rings. The third-order valence-corrected chi connectivity index (χ3v) is 8.55. The second-order valence-corrected chi connectivity index (χ2v) is 11.5. The van der Waals surface area contributed by atoms with Crippen LogP contribution >= 0.6 is 11.3 Å². The van der Waals surface area contributed by atoms with Gasteiger partial charge in [-0.25, -0.2) is 15.0 Å². The molecule has 1 unspecified atom stereocenters. The van der Waals surface area contributed by atoms with Crippen molar-refractivity contribution in [3.05, 3.63) is 53.1 Å². The van der Waals surface area contributed by atoms with E-state index in [1.54, 1.807) is 18.3 Å². The molecule has 0 fully saturated rings. The van der Waals surface area contributed by atoms with Crippen molar-refractivity contribution in [3.8, 4) is 17.3 Å². The van der Waals surface area contributed by atoms with Crippen molar-refractivity contribution in [3.63, 3.8) is 0 Å². The number of nitriles is 1. The van der Waals surface area contributed by atoms with E-state index in [0.717, 1.165) is 85.8 Å². The lowest BCUT2D eigenvalue weighted by atomic mass is 9.98. The first-order chi connectivity index (χ1) is 20.0. The summed E-state index contributed by atoms with van der Waals surface area (Å²) in [7, 11) is 0. The zero-order valence-corrected chi connectivity index (χ0v) is 25.8. The number of aliphatic imine (C=N–C) groups is 1. The van der Waals surface area contributed by atoms with E-state index >= 15 is 0 Å². The van der Waals surface area contributed by atoms with E-state index in [1.165, 1.54) is 4.68 Å². The summed E-state index contributed by atoms with van der Waals surface area (Å²) >= 11 is 1.55. The number of benzene rings is 1. The Morgan fingerprint density at radius 3 is 2.32 bits per heavy atom. The van der Waals surface area contributed by atoms with E-state index < -0.39 is 5.91 Å². The molecule has 2 aromatic heterocycles. The maximum atomic E-state index is 13.3. The van der Waals surface area contributed by atoms with Crippen LogP contribution in [0.1, 0.15) is 108 Å². The van der Waals surface area contributed by atoms with Gasteiger partial charge < -0.3 is 4.90 Å². The van der Waals surface area contributed by atoms with Crippen LogP contribution in [-0.2, 0) is 0 Å². The summed E-state index contributed by atoms with van der Waals surface area (Å²) in [5.41, 5.74) is 2.84. The quantitative estimate of drug-likeness (QED) is 0.194. The lowest BCUT2D eigenvalue weighted by Crippen LogP contribution is -2.28. The minimum atomic E-state index is -0.443. The minimum absolute atomic E-state index is 0.0489. The average Bonchev–Trinajstić information content (AvgIpc) is 3.62. The first-order valence-corrected chi connectivity index (χ1v) is 15.8. The number of rotatable bonds is 14. The molecule has 0 radical (unpaired) electrons. The number of carbonyl (C=O) groups excluding carboxylic acids is 1. The Morgan fingerprint density at radius 2 is 1.71 bits per heavy atom. The van der Waals surface area contributed by atoms with Crippen molar-refractivity contribution in [2.45, 2.75) is 91.9 Å². The van der Waals surface area contributed by atoms with Gasteiger partial charge in [0.1, 0.15) is 28.0 Å². The molecular formula is C32H41N7OS. The van der Waals surface area contributed by atoms with Crippen LogP contribution in [0.5, 0.6) is 0 Å². The number of hydrogen-bond acceptors (Lipinski definition) is 8. The number of fused-ring (bicyclic) bond motifs is 1. The fourth-order valence-corrected chi connectivity index (χ4v) is 6.00. The molecule has 216 valence electrons. The van der Waals surface area contributed by atoms with E-state index in [2.05, 4.69) is 43.8 Å². The Bertz CT molecular complexity index is 1440. The third-order valence-electron chi connectivity index (χ3n) is 7.54. The van der Waals surface area contributed by atoms with Gasteiger partial charge in [0, 0.05) is 30.1 Å². The highest BCUT2D eigenvalue weighted by Crippen LogP contribution is 2.41. The molecule has 3 heterocycles. The van der Waals surface area contributed by atoms with Crippen LogP contribution in [0.2, 0.25) is 0 Å². The molecule has 0 bridgehead atoms. The Morgan fingerprint density at radius 1 is 1.02 bits per heavy atom. The summed E-state index contributed by atoms with van der Waals surface area (Å²) in [6, 6.07) is 12.2. The molecule has 1 aromatic carbocycles. The largest absolute Gasteiger partial charge is 0.348 e. The van der Waals surface area contributed by atoms with E-state index in [0.29, 0.717) is 22.9 Å². The number of unbranched alkanes of at least 4 members (excludes halogenated alkanes) is 3. The molecule has 0 aliphatic carbocycles. The molecule has 41 heavy (non-hydrogen) atoms. The van der Waals surface area contributed by atoms with Crippen molar-refractivity contribution in [1.29, 1.82) is 5.26 Å². The van der Waals surface area contributed by atoms with E-state index in [-0.39, 0.29) is 11.5 Å². The molecule has 0 spiro atoms. The van der Waals surface area contributed by atoms with Gasteiger partial charge >= 0.3 is 0 Å². The van der Waals surface area contributed by atoms with Crippen LogP contribution in [0.4, 0.5) is 10.1 Å². The zero-order valence-electron chi connectivity index (χ0n) is 25.0. The highest BCUT2D eigenvalue weighted by atomic mass is 32.1. The van der Waals surface area contributed by atoms with Crippen LogP contribution in [0.15, 0.2) is 46.5 Å². The lowest BCUT2D eigenvalue weighted by molar-refractivity contribution is 0.0941. The minimum Gasteiger partial charge on any atom is -0.348 e. The topological polar surface area (TPSA) is 100 Å². The second kappa shape index (κ2) is 14.3. The van der Waals surface area contributed by atoms with Crippen LogP contribution < -0.4 is 4.90 Å². The number of aromatic nitrogens is 4. The SMILES string of the molecule is CCCCC(CC)c1nc2n(n1)C(=O)C(C#N)=C(C)/C2=N/c1sc(N(CCCC)CCCC)nc1-c1ccccc1. The molecule has 0 amide bonds. The zero-order chi connectivity index (χ0) is 29.4. The first kappa shape index (κ1) is 30.3. The number of allylic oxidation sites excluding steroid dienone is 2. The van der Waals surface area contributed by atoms with E-state index in [1.807, 2.05) is 30.3 Å². The van der Waals surface area contributed by atoms with E-state index in [4.69, 9.17) is 15.0 Å². The van der Waals surface area contributed by atoms with Gasteiger partial charge in [-0.3, -0.25) is 4.79 Å². The number of nitrogens with zero attached hydrogens (tertiary/aromatic N) is 7. The Kier molecular flexibility index (Phi) is 10.6. The van der Waals surface area contributed by atoms with Crippen molar-refractivity contribution in [2.75, 3.05) is 18.0 Å². The predicted molar refractivity (Wildman–Crippen MR) is 167 cm³/mol. The maximum absolute atomic E-state index is 13.3. The molecule has 3 aromatic rings. The first-order valence-electron chi connectivity index (χ1n) is 15.0. The molecule has 1 atom stereocenters. The second-order valence-electron chi connectivity index (χ2n) is 10.5. The lowest BCUT2D eigenvalue weighted by Gasteiger charge is -2.21. The summed E-state index contributed by atoms with van der Waals surface area (Å²) in [4.78, 5) is 30.8. The van der Waals surface area contributed by atoms with Crippen molar-refractivity contribution in [2.24, 2.45) is 4.99 Å². The van der Waals surface area contributed by atoms with Gasteiger partial charge in [0.15, 0.2) is 16.8 Å². The van der Waals surface area contributed by atoms with Gasteiger partial charge in [-0.2, -0.15) is 9.94 Å². The molecular weight excluding hydrogens is 530 g/mol. The highest BCUT2D eigenvalue weighted by molar-refractivity contribution is 7.19. The van der Waals surface area contributed by atoms with Gasteiger partial charge in [-0.05, 0) is 32.6 Å². The molecule has 4 rings (SSSR count). The van der Waals surface area contributed by atoms with Crippen molar-refractivity contribution < 1.29 is 4.79 Å². The smallest absolute Gasteiger partial charge is 0.291 e. The van der Waals surface area contributed by atoms with Crippen LogP contribution in [0.3, 0.4) is 0 Å². The maximum Gasteiger partial charge on any atom is 0.291 e. The van der Waals surface area contributed by atoms with Crippen LogP contribution in [-0.4, -0.2) is 44.5 Å². The predicted octanol–water partition coefficient (Wildman–Crippen LogP) is 8.11. The molecule has 1 aliphatic heterocycles. The summed E-state index contributed by atoms with van der Waals surface area (Å²) in [5.74, 6) is 0.747. The third kappa shape index (κ3) is 6.65. The summed E-state index contributed by atoms with van der Waals surface area (Å²) in [6.07, 6.45) is 8.38. The standard InChI is InChI=1S/C32H41N7OS/c1-6-10-16-23(9-4)28-36-29-26(22(5)25(21-33)31(40)39(29)37-28)34-30-27(24-17-14-13-15-18-24)35-32(41-30)38(19-11-7-2)20-12-8-3/h13-15,17-18,23H,6-12,16,19-20H2,1-5H3/b34-26-.